The number of para-hydroxylation sites is 2. The van der Waals surface area contributed by atoms with Crippen LogP contribution in [0.1, 0.15) is 114 Å². The van der Waals surface area contributed by atoms with Gasteiger partial charge < -0.3 is 18.6 Å². The van der Waals surface area contributed by atoms with E-state index < -0.39 is 16.1 Å². The van der Waals surface area contributed by atoms with Crippen molar-refractivity contribution in [2.75, 3.05) is 9.80 Å². The van der Waals surface area contributed by atoms with Crippen molar-refractivity contribution in [2.24, 2.45) is 0 Å². The Morgan fingerprint density at radius 2 is 0.700 bits per heavy atom. The van der Waals surface area contributed by atoms with E-state index in [9.17, 15) is 0 Å². The summed E-state index contributed by atoms with van der Waals surface area (Å²) in [5, 5.41) is 15.0. The van der Waals surface area contributed by atoms with Crippen LogP contribution >= 0.6 is 0 Å². The molecule has 2 aromatic heterocycles. The number of benzene rings is 10. The predicted octanol–water partition coefficient (Wildman–Crippen LogP) is 21.9. The van der Waals surface area contributed by atoms with Crippen LogP contribution in [-0.4, -0.2) is 16.1 Å². The highest BCUT2D eigenvalue weighted by molar-refractivity contribution is 6.89. The number of hydrogen-bond donors (Lipinski definition) is 0. The van der Waals surface area contributed by atoms with E-state index in [1.54, 1.807) is 0 Å². The van der Waals surface area contributed by atoms with Crippen molar-refractivity contribution in [3.05, 3.63) is 179 Å². The lowest BCUT2D eigenvalue weighted by atomic mass is 9.84. The van der Waals surface area contributed by atoms with Crippen LogP contribution in [-0.2, 0) is 10.8 Å². The maximum Gasteiger partial charge on any atom is 0.159 e. The minimum atomic E-state index is -1.64. The fraction of sp³-hybridized carbons (Fsp3) is 0.297. The molecule has 0 fully saturated rings. The zero-order chi connectivity index (χ0) is 56.9. The Hall–Kier alpha value is -7.13. The molecule has 0 spiro atoms. The zero-order valence-corrected chi connectivity index (χ0v) is 52.7. The highest BCUT2D eigenvalue weighted by Crippen LogP contribution is 2.54. The van der Waals surface area contributed by atoms with Crippen LogP contribution in [0.5, 0.6) is 0 Å². The average Bonchev–Trinajstić information content (AvgIpc) is 3.94. The van der Waals surface area contributed by atoms with Crippen LogP contribution in [0.25, 0.3) is 76.2 Å². The largest absolute Gasteiger partial charge is 0.454 e. The maximum atomic E-state index is 7.36. The highest BCUT2D eigenvalue weighted by Gasteiger charge is 2.32. The second-order valence-electron chi connectivity index (χ2n) is 27.9. The minimum Gasteiger partial charge on any atom is -0.454 e. The molecule has 2 heterocycles. The van der Waals surface area contributed by atoms with E-state index in [0.717, 1.165) is 89.1 Å². The molecule has 12 aromatic rings. The Kier molecular flexibility index (Phi) is 12.5. The van der Waals surface area contributed by atoms with Gasteiger partial charge in [-0.15, -0.1) is 0 Å². The number of furan rings is 2. The molecule has 12 rings (SSSR count). The van der Waals surface area contributed by atoms with Crippen LogP contribution < -0.4 is 20.2 Å². The molecule has 0 aliphatic rings. The van der Waals surface area contributed by atoms with Gasteiger partial charge in [-0.3, -0.25) is 0 Å². The van der Waals surface area contributed by atoms with E-state index in [4.69, 9.17) is 8.83 Å². The first kappa shape index (κ1) is 53.5. The quantitative estimate of drug-likeness (QED) is 0.101. The van der Waals surface area contributed by atoms with Crippen molar-refractivity contribution < 1.29 is 8.83 Å². The molecular weight excluding hydrogens is 1000 g/mol. The van der Waals surface area contributed by atoms with Gasteiger partial charge >= 0.3 is 0 Å². The molecular formula is C74H80N2O2Si2. The molecule has 0 N–H and O–H groups in total. The number of anilines is 6. The molecule has 0 saturated carbocycles. The molecule has 0 amide bonds. The lowest BCUT2D eigenvalue weighted by Crippen LogP contribution is -2.37. The second-order valence-corrected chi connectivity index (χ2v) is 38.1. The SMILES string of the molecule is Cc1ccc2c(oc3c(C(C)(C)C)cccc32)c1N(c1ccc([Si](C)(C)C)cc1)c1cc(C(C)C)c2ccc3c(N(c4ccc([Si](C)(C)C)cc4)c4c(C)ccc5c4oc4c(C(C)(C)C)cccc45)cc(C(C)C)c4ccc1c2c43. The average molecular weight is 1090 g/mol. The Labute approximate surface area is 476 Å². The van der Waals surface area contributed by atoms with Gasteiger partial charge in [-0.25, -0.2) is 0 Å². The number of nitrogens with zero attached hydrogens (tertiary/aromatic N) is 2. The molecule has 406 valence electrons. The normalized spacial score (nSPS) is 13.1. The van der Waals surface area contributed by atoms with Crippen molar-refractivity contribution in [1.29, 1.82) is 0 Å². The summed E-state index contributed by atoms with van der Waals surface area (Å²) in [6, 6.07) is 56.3. The van der Waals surface area contributed by atoms with Gasteiger partial charge in [0.25, 0.3) is 0 Å². The van der Waals surface area contributed by atoms with E-state index in [2.05, 4.69) is 278 Å². The van der Waals surface area contributed by atoms with E-state index in [-0.39, 0.29) is 22.7 Å². The van der Waals surface area contributed by atoms with Gasteiger partial charge in [-0.05, 0) is 117 Å². The summed E-state index contributed by atoms with van der Waals surface area (Å²) in [5.74, 6) is 0.451. The second kappa shape index (κ2) is 18.7. The van der Waals surface area contributed by atoms with Crippen LogP contribution in [0.2, 0.25) is 39.3 Å². The molecule has 0 unspecified atom stereocenters. The third-order valence-electron chi connectivity index (χ3n) is 17.4. The molecule has 0 aliphatic carbocycles. The summed E-state index contributed by atoms with van der Waals surface area (Å²) < 4.78 is 14.7. The first-order chi connectivity index (χ1) is 37.7. The molecule has 0 saturated heterocycles. The van der Waals surface area contributed by atoms with Crippen LogP contribution in [0.3, 0.4) is 0 Å². The van der Waals surface area contributed by atoms with Crippen molar-refractivity contribution in [1.82, 2.24) is 0 Å². The Morgan fingerprint density at radius 1 is 0.375 bits per heavy atom. The molecule has 80 heavy (non-hydrogen) atoms. The van der Waals surface area contributed by atoms with Gasteiger partial charge in [0.2, 0.25) is 0 Å². The lowest BCUT2D eigenvalue weighted by Gasteiger charge is -2.32. The summed E-state index contributed by atoms with van der Waals surface area (Å²) in [5.41, 5.74) is 17.6. The summed E-state index contributed by atoms with van der Waals surface area (Å²) in [7, 11) is -3.27. The molecule has 0 bridgehead atoms. The highest BCUT2D eigenvalue weighted by atomic mass is 28.3. The molecule has 4 nitrogen and oxygen atoms in total. The molecule has 0 atom stereocenters. The van der Waals surface area contributed by atoms with Crippen LogP contribution in [0.4, 0.5) is 34.1 Å². The molecule has 10 aromatic carbocycles. The summed E-state index contributed by atoms with van der Waals surface area (Å²) >= 11 is 0. The lowest BCUT2D eigenvalue weighted by molar-refractivity contribution is 0.572. The Bertz CT molecular complexity index is 4130. The summed E-state index contributed by atoms with van der Waals surface area (Å²) in [4.78, 5) is 5.10. The van der Waals surface area contributed by atoms with E-state index in [1.807, 2.05) is 0 Å². The zero-order valence-electron chi connectivity index (χ0n) is 50.7. The Balaban J connectivity index is 1.22. The van der Waals surface area contributed by atoms with Gasteiger partial charge in [0.1, 0.15) is 11.2 Å². The van der Waals surface area contributed by atoms with Crippen LogP contribution in [0.15, 0.2) is 154 Å². The Morgan fingerprint density at radius 3 is 1.02 bits per heavy atom. The number of hydrogen-bond acceptors (Lipinski definition) is 4. The first-order valence-corrected chi connectivity index (χ1v) is 36.2. The van der Waals surface area contributed by atoms with Gasteiger partial charge in [0.15, 0.2) is 11.2 Å². The van der Waals surface area contributed by atoms with E-state index in [1.165, 1.54) is 64.9 Å². The smallest absolute Gasteiger partial charge is 0.159 e. The van der Waals surface area contributed by atoms with E-state index in [0.29, 0.717) is 0 Å². The van der Waals surface area contributed by atoms with Crippen LogP contribution in [0, 0.1) is 13.8 Å². The van der Waals surface area contributed by atoms with Gasteiger partial charge in [-0.1, -0.05) is 228 Å². The van der Waals surface area contributed by atoms with Gasteiger partial charge in [0, 0.05) is 54.8 Å². The van der Waals surface area contributed by atoms with Crippen molar-refractivity contribution in [3.8, 4) is 0 Å². The topological polar surface area (TPSA) is 32.8 Å². The number of rotatable bonds is 10. The monoisotopic (exact) mass is 1080 g/mol. The molecule has 6 heteroatoms. The first-order valence-electron chi connectivity index (χ1n) is 29.2. The molecule has 0 radical (unpaired) electrons. The van der Waals surface area contributed by atoms with E-state index >= 15 is 0 Å². The van der Waals surface area contributed by atoms with Crippen molar-refractivity contribution in [2.45, 2.75) is 145 Å². The standard InChI is InChI=1S/C74H80N2O2Si2/c1-43(2)59-41-63(75(47-27-31-49(32-28-47)79(13,14)15)67-45(5)25-35-55-53-21-19-23-61(73(7,8)9)69(53)77-71(55)67)57-40-38-52-60(44(3)4)42-64(58-39-37-51(59)65(57)66(52)58)76(48-29-33-50(34-30-48)80(16,17)18)68-46(6)26-36-56-54-22-20-24-62(74(10,11)12)70(54)78-72(56)68/h19-44H,1-18H3. The number of aryl methyl sites for hydroxylation is 2. The van der Waals surface area contributed by atoms with Crippen molar-refractivity contribution >= 4 is 137 Å². The van der Waals surface area contributed by atoms with Gasteiger partial charge in [0.05, 0.1) is 38.9 Å². The minimum absolute atomic E-state index is 0.110. The van der Waals surface area contributed by atoms with Gasteiger partial charge in [-0.2, -0.15) is 0 Å². The molecule has 0 aliphatic heterocycles. The third-order valence-corrected chi connectivity index (χ3v) is 21.5. The van der Waals surface area contributed by atoms with Crippen molar-refractivity contribution in [3.63, 3.8) is 0 Å². The maximum absolute atomic E-state index is 7.36. The summed E-state index contributed by atoms with van der Waals surface area (Å²) in [6.45, 7) is 42.3. The fourth-order valence-electron chi connectivity index (χ4n) is 13.0. The fourth-order valence-corrected chi connectivity index (χ4v) is 15.3. The predicted molar refractivity (Wildman–Crippen MR) is 355 cm³/mol. The summed E-state index contributed by atoms with van der Waals surface area (Å²) in [6.07, 6.45) is 0. The number of fused-ring (bicyclic) bond motifs is 6. The third kappa shape index (κ3) is 8.58.